The molecule has 0 aromatic rings. The summed E-state index contributed by atoms with van der Waals surface area (Å²) in [5.74, 6) is 1.71. The van der Waals surface area contributed by atoms with E-state index in [1.54, 1.807) is 0 Å². The Hall–Kier alpha value is -0.195. The van der Waals surface area contributed by atoms with Crippen LogP contribution in [0.1, 0.15) is 33.1 Å². The van der Waals surface area contributed by atoms with Crippen molar-refractivity contribution in [2.45, 2.75) is 51.6 Å². The minimum Gasteiger partial charge on any atom is -0.101 e. The van der Waals surface area contributed by atoms with Crippen molar-refractivity contribution in [3.05, 3.63) is 12.2 Å². The van der Waals surface area contributed by atoms with Gasteiger partial charge in [-0.05, 0) is 12.7 Å². The lowest BCUT2D eigenvalue weighted by Crippen LogP contribution is -2.26. The molecule has 2 atom stereocenters. The lowest BCUT2D eigenvalue weighted by molar-refractivity contribution is 0.602. The van der Waals surface area contributed by atoms with Gasteiger partial charge in [0, 0.05) is 0 Å². The van der Waals surface area contributed by atoms with E-state index in [4.69, 9.17) is 0 Å². The molecule has 1 aliphatic rings. The van der Waals surface area contributed by atoms with Crippen LogP contribution in [-0.4, -0.2) is 6.71 Å². The molecule has 1 heteroatoms. The Morgan fingerprint density at radius 1 is 1.45 bits per heavy atom. The third-order valence-electron chi connectivity index (χ3n) is 3.34. The molecule has 1 rings (SSSR count). The fraction of sp³-hybridized carbons (Fsp3) is 0.800. The van der Waals surface area contributed by atoms with Crippen LogP contribution in [0.25, 0.3) is 0 Å². The van der Waals surface area contributed by atoms with Crippen LogP contribution >= 0.6 is 0 Å². The van der Waals surface area contributed by atoms with Gasteiger partial charge in [0.1, 0.15) is 6.71 Å². The van der Waals surface area contributed by atoms with Gasteiger partial charge in [-0.3, -0.25) is 0 Å². The summed E-state index contributed by atoms with van der Waals surface area (Å²) in [5.41, 5.74) is 1.39. The number of hydrogen-bond donors (Lipinski definition) is 0. The molecule has 0 spiro atoms. The van der Waals surface area contributed by atoms with Crippen LogP contribution in [0.5, 0.6) is 0 Å². The maximum Gasteiger partial charge on any atom is 0.147 e. The molecule has 0 radical (unpaired) electrons. The lowest BCUT2D eigenvalue weighted by atomic mass is 9.31. The summed E-state index contributed by atoms with van der Waals surface area (Å²) in [7, 11) is 0. The zero-order valence-corrected chi connectivity index (χ0v) is 8.06. The monoisotopic (exact) mass is 150 g/mol. The fourth-order valence-electron chi connectivity index (χ4n) is 2.28. The summed E-state index contributed by atoms with van der Waals surface area (Å²) in [5, 5.41) is 0. The van der Waals surface area contributed by atoms with E-state index in [-0.39, 0.29) is 0 Å². The maximum absolute atomic E-state index is 4.06. The highest BCUT2D eigenvalue weighted by atomic mass is 14.1. The average molecular weight is 150 g/mol. The maximum atomic E-state index is 4.06. The first-order valence-corrected chi connectivity index (χ1v) is 4.78. The van der Waals surface area contributed by atoms with E-state index in [0.29, 0.717) is 0 Å². The van der Waals surface area contributed by atoms with E-state index in [9.17, 15) is 0 Å². The Bertz CT molecular complexity index is 151. The standard InChI is InChI=1S/C10H19B/c1-8(2)10-7-5-6-9(3)11(10)4/h9-10H,1,5-7H2,2-4H3. The molecule has 0 aliphatic carbocycles. The minimum absolute atomic E-state index is 0.804. The zero-order chi connectivity index (χ0) is 8.43. The largest absolute Gasteiger partial charge is 0.147 e. The van der Waals surface area contributed by atoms with Crippen LogP contribution in [0.4, 0.5) is 0 Å². The molecule has 1 fully saturated rings. The second-order valence-electron chi connectivity index (χ2n) is 4.22. The van der Waals surface area contributed by atoms with Crippen molar-refractivity contribution in [1.82, 2.24) is 0 Å². The summed E-state index contributed by atoms with van der Waals surface area (Å²) < 4.78 is 0. The van der Waals surface area contributed by atoms with Crippen LogP contribution < -0.4 is 0 Å². The molecular formula is C10H19B. The van der Waals surface area contributed by atoms with Gasteiger partial charge in [-0.25, -0.2) is 0 Å². The van der Waals surface area contributed by atoms with Crippen LogP contribution in [-0.2, 0) is 0 Å². The predicted molar refractivity (Wildman–Crippen MR) is 53.5 cm³/mol. The molecule has 11 heavy (non-hydrogen) atoms. The average Bonchev–Trinajstić information content (AvgIpc) is 1.94. The van der Waals surface area contributed by atoms with Gasteiger partial charge in [0.15, 0.2) is 0 Å². The van der Waals surface area contributed by atoms with Gasteiger partial charge in [-0.2, -0.15) is 0 Å². The molecular weight excluding hydrogens is 131 g/mol. The number of allylic oxidation sites excluding steroid dienone is 1. The molecule has 0 nitrogen and oxygen atoms in total. The van der Waals surface area contributed by atoms with Crippen LogP contribution in [0, 0.1) is 0 Å². The first-order chi connectivity index (χ1) is 5.13. The third kappa shape index (κ3) is 1.88. The summed E-state index contributed by atoms with van der Waals surface area (Å²) in [6.45, 7) is 11.9. The third-order valence-corrected chi connectivity index (χ3v) is 3.34. The topological polar surface area (TPSA) is 0 Å². The highest BCUT2D eigenvalue weighted by molar-refractivity contribution is 6.61. The molecule has 1 heterocycles. The van der Waals surface area contributed by atoms with Crippen molar-refractivity contribution < 1.29 is 0 Å². The molecule has 0 saturated carbocycles. The fourth-order valence-corrected chi connectivity index (χ4v) is 2.28. The van der Waals surface area contributed by atoms with E-state index >= 15 is 0 Å². The van der Waals surface area contributed by atoms with Gasteiger partial charge < -0.3 is 0 Å². The summed E-state index contributed by atoms with van der Waals surface area (Å²) in [6.07, 6.45) is 4.20. The van der Waals surface area contributed by atoms with E-state index < -0.39 is 0 Å². The van der Waals surface area contributed by atoms with Gasteiger partial charge >= 0.3 is 0 Å². The van der Waals surface area contributed by atoms with Crippen molar-refractivity contribution in [3.63, 3.8) is 0 Å². The molecule has 1 aliphatic heterocycles. The van der Waals surface area contributed by atoms with Crippen LogP contribution in [0.3, 0.4) is 0 Å². The molecule has 1 saturated heterocycles. The van der Waals surface area contributed by atoms with E-state index in [1.807, 2.05) is 0 Å². The van der Waals surface area contributed by atoms with Crippen molar-refractivity contribution in [1.29, 1.82) is 0 Å². The normalized spacial score (nSPS) is 32.1. The molecule has 0 aromatic carbocycles. The van der Waals surface area contributed by atoms with Crippen LogP contribution in [0.15, 0.2) is 12.2 Å². The Morgan fingerprint density at radius 3 is 2.55 bits per heavy atom. The number of rotatable bonds is 1. The van der Waals surface area contributed by atoms with Crippen molar-refractivity contribution in [2.24, 2.45) is 0 Å². The van der Waals surface area contributed by atoms with Crippen LogP contribution in [0.2, 0.25) is 18.5 Å². The van der Waals surface area contributed by atoms with Gasteiger partial charge in [0.2, 0.25) is 0 Å². The molecule has 0 N–H and O–H groups in total. The molecule has 2 unspecified atom stereocenters. The summed E-state index contributed by atoms with van der Waals surface area (Å²) in [6, 6.07) is 0. The highest BCUT2D eigenvalue weighted by Gasteiger charge is 2.29. The Labute approximate surface area is 71.2 Å². The Balaban J connectivity index is 2.58. The van der Waals surface area contributed by atoms with E-state index in [2.05, 4.69) is 27.2 Å². The summed E-state index contributed by atoms with van der Waals surface area (Å²) in [4.78, 5) is 0. The smallest absolute Gasteiger partial charge is 0.101 e. The minimum atomic E-state index is 0.804. The summed E-state index contributed by atoms with van der Waals surface area (Å²) >= 11 is 0. The Morgan fingerprint density at radius 2 is 2.09 bits per heavy atom. The second kappa shape index (κ2) is 3.47. The van der Waals surface area contributed by atoms with E-state index in [0.717, 1.165) is 18.3 Å². The van der Waals surface area contributed by atoms with Gasteiger partial charge in [-0.1, -0.05) is 44.4 Å². The predicted octanol–water partition coefficient (Wildman–Crippen LogP) is 3.63. The second-order valence-corrected chi connectivity index (χ2v) is 4.22. The van der Waals surface area contributed by atoms with Crippen molar-refractivity contribution in [2.75, 3.05) is 0 Å². The molecule has 0 aromatic heterocycles. The first kappa shape index (κ1) is 8.90. The van der Waals surface area contributed by atoms with Gasteiger partial charge in [0.25, 0.3) is 0 Å². The quantitative estimate of drug-likeness (QED) is 0.395. The molecule has 0 amide bonds. The molecule has 62 valence electrons. The highest BCUT2D eigenvalue weighted by Crippen LogP contribution is 2.39. The van der Waals surface area contributed by atoms with Crippen molar-refractivity contribution >= 4 is 6.71 Å². The zero-order valence-electron chi connectivity index (χ0n) is 8.06. The van der Waals surface area contributed by atoms with Crippen molar-refractivity contribution in [3.8, 4) is 0 Å². The SMILES string of the molecule is C=C(C)C1CCCC(C)B1C. The molecule has 0 bridgehead atoms. The lowest BCUT2D eigenvalue weighted by Gasteiger charge is -2.32. The van der Waals surface area contributed by atoms with Gasteiger partial charge in [-0.15, -0.1) is 6.58 Å². The van der Waals surface area contributed by atoms with E-state index in [1.165, 1.54) is 24.8 Å². The number of hydrogen-bond acceptors (Lipinski definition) is 0. The van der Waals surface area contributed by atoms with Gasteiger partial charge in [0.05, 0.1) is 0 Å². The first-order valence-electron chi connectivity index (χ1n) is 4.78. The Kier molecular flexibility index (Phi) is 2.81.